The van der Waals surface area contributed by atoms with E-state index < -0.39 is 0 Å². The summed E-state index contributed by atoms with van der Waals surface area (Å²) in [4.78, 5) is 7.95. The fourth-order valence-corrected chi connectivity index (χ4v) is 2.04. The van der Waals surface area contributed by atoms with E-state index in [4.69, 9.17) is 33.4 Å². The molecule has 15 heavy (non-hydrogen) atoms. The van der Waals surface area contributed by atoms with Gasteiger partial charge in [-0.05, 0) is 17.8 Å². The molecule has 2 heterocycles. The third-order valence-corrected chi connectivity index (χ3v) is 3.10. The van der Waals surface area contributed by atoms with Crippen molar-refractivity contribution in [1.82, 2.24) is 9.97 Å². The molecule has 0 radical (unpaired) electrons. The molecule has 0 aliphatic heterocycles. The van der Waals surface area contributed by atoms with Gasteiger partial charge < -0.3 is 10.2 Å². The zero-order chi connectivity index (χ0) is 10.8. The van der Waals surface area contributed by atoms with Gasteiger partial charge in [-0.2, -0.15) is 0 Å². The average molecular weight is 262 g/mol. The number of nitrogens with two attached hydrogens (primary N) is 1. The molecule has 0 spiro atoms. The highest BCUT2D eigenvalue weighted by Gasteiger charge is 2.10. The van der Waals surface area contributed by atoms with Crippen LogP contribution in [-0.4, -0.2) is 9.97 Å². The van der Waals surface area contributed by atoms with Gasteiger partial charge >= 0.3 is 0 Å². The van der Waals surface area contributed by atoms with Crippen molar-refractivity contribution in [2.45, 2.75) is 10.2 Å². The van der Waals surface area contributed by atoms with Crippen LogP contribution < -0.4 is 5.73 Å². The van der Waals surface area contributed by atoms with Crippen molar-refractivity contribution in [3.63, 3.8) is 0 Å². The van der Waals surface area contributed by atoms with Gasteiger partial charge in [-0.25, -0.2) is 9.97 Å². The Kier molecular flexibility index (Phi) is 3.04. The maximum Gasteiger partial charge on any atom is 0.262 e. The summed E-state index contributed by atoms with van der Waals surface area (Å²) >= 11 is 12.9. The highest BCUT2D eigenvalue weighted by atomic mass is 35.5. The van der Waals surface area contributed by atoms with Gasteiger partial charge in [-0.3, -0.25) is 0 Å². The lowest BCUT2D eigenvalue weighted by Gasteiger charge is -2.02. The Morgan fingerprint density at radius 3 is 2.80 bits per heavy atom. The largest absolute Gasteiger partial charge is 0.440 e. The van der Waals surface area contributed by atoms with E-state index in [9.17, 15) is 0 Å². The van der Waals surface area contributed by atoms with Gasteiger partial charge in [0.15, 0.2) is 0 Å². The SMILES string of the molecule is Nc1nc(Sc2ncco2)c(Cl)cc1Cl. The van der Waals surface area contributed by atoms with Crippen LogP contribution in [0.15, 0.2) is 33.2 Å². The summed E-state index contributed by atoms with van der Waals surface area (Å²) in [7, 11) is 0. The minimum atomic E-state index is 0.232. The summed E-state index contributed by atoms with van der Waals surface area (Å²) < 4.78 is 5.04. The second-order valence-corrected chi connectivity index (χ2v) is 4.30. The van der Waals surface area contributed by atoms with Crippen LogP contribution in [0.4, 0.5) is 5.82 Å². The molecule has 7 heteroatoms. The Morgan fingerprint density at radius 2 is 2.13 bits per heavy atom. The molecule has 0 saturated carbocycles. The fourth-order valence-electron chi connectivity index (χ4n) is 0.878. The number of rotatable bonds is 2. The molecule has 4 nitrogen and oxygen atoms in total. The summed E-state index contributed by atoms with van der Waals surface area (Å²) in [5, 5.41) is 1.71. The van der Waals surface area contributed by atoms with Crippen LogP contribution in [0.1, 0.15) is 0 Å². The monoisotopic (exact) mass is 261 g/mol. The van der Waals surface area contributed by atoms with Crippen molar-refractivity contribution >= 4 is 40.8 Å². The average Bonchev–Trinajstić information content (AvgIpc) is 2.67. The minimum Gasteiger partial charge on any atom is -0.440 e. The zero-order valence-electron chi connectivity index (χ0n) is 7.28. The number of hydrogen-bond acceptors (Lipinski definition) is 5. The molecule has 0 aromatic carbocycles. The third-order valence-electron chi connectivity index (χ3n) is 1.52. The van der Waals surface area contributed by atoms with Gasteiger partial charge in [-0.1, -0.05) is 23.2 Å². The summed E-state index contributed by atoms with van der Waals surface area (Å²) in [5.74, 6) is 0.232. The molecule has 0 unspecified atom stereocenters. The second kappa shape index (κ2) is 4.30. The van der Waals surface area contributed by atoms with Crippen LogP contribution in [0.2, 0.25) is 10.0 Å². The van der Waals surface area contributed by atoms with Gasteiger partial charge in [0.2, 0.25) is 0 Å². The predicted molar refractivity (Wildman–Crippen MR) is 59.3 cm³/mol. The lowest BCUT2D eigenvalue weighted by molar-refractivity contribution is 0.454. The fraction of sp³-hybridized carbons (Fsp3) is 0. The van der Waals surface area contributed by atoms with Crippen molar-refractivity contribution in [3.05, 3.63) is 28.6 Å². The van der Waals surface area contributed by atoms with E-state index in [1.54, 1.807) is 0 Å². The first-order valence-electron chi connectivity index (χ1n) is 3.85. The standard InChI is InChI=1S/C8H5Cl2N3OS/c9-4-3-5(10)7(13-6(4)11)15-8-12-1-2-14-8/h1-3H,(H2,11,13). The van der Waals surface area contributed by atoms with Gasteiger partial charge in [0.25, 0.3) is 5.22 Å². The highest BCUT2D eigenvalue weighted by molar-refractivity contribution is 7.99. The Bertz CT molecular complexity index is 475. The summed E-state index contributed by atoms with van der Waals surface area (Å²) in [6, 6.07) is 1.54. The quantitative estimate of drug-likeness (QED) is 0.900. The van der Waals surface area contributed by atoms with E-state index in [0.717, 1.165) is 0 Å². The smallest absolute Gasteiger partial charge is 0.262 e. The first-order valence-corrected chi connectivity index (χ1v) is 5.43. The molecule has 2 aromatic rings. The Labute approximate surface area is 99.8 Å². The van der Waals surface area contributed by atoms with Crippen molar-refractivity contribution < 1.29 is 4.42 Å². The summed E-state index contributed by atoms with van der Waals surface area (Å²) in [6.45, 7) is 0. The van der Waals surface area contributed by atoms with Gasteiger partial charge in [0.05, 0.1) is 16.2 Å². The summed E-state index contributed by atoms with van der Waals surface area (Å²) in [5.41, 5.74) is 5.55. The van der Waals surface area contributed by atoms with Crippen molar-refractivity contribution in [1.29, 1.82) is 0 Å². The van der Waals surface area contributed by atoms with Crippen LogP contribution in [0, 0.1) is 0 Å². The Hall–Kier alpha value is -0.910. The third kappa shape index (κ3) is 2.37. The van der Waals surface area contributed by atoms with Gasteiger partial charge in [-0.15, -0.1) is 0 Å². The normalized spacial score (nSPS) is 10.5. The zero-order valence-corrected chi connectivity index (χ0v) is 9.60. The molecule has 0 amide bonds. The molecule has 0 bridgehead atoms. The Morgan fingerprint density at radius 1 is 1.33 bits per heavy atom. The van der Waals surface area contributed by atoms with E-state index in [1.165, 1.54) is 30.3 Å². The first-order chi connectivity index (χ1) is 7.16. The number of anilines is 1. The van der Waals surface area contributed by atoms with E-state index in [1.807, 2.05) is 0 Å². The molecular formula is C8H5Cl2N3OS. The number of aromatic nitrogens is 2. The van der Waals surface area contributed by atoms with Crippen LogP contribution >= 0.6 is 35.0 Å². The lowest BCUT2D eigenvalue weighted by Crippen LogP contribution is -1.93. The van der Waals surface area contributed by atoms with E-state index >= 15 is 0 Å². The topological polar surface area (TPSA) is 64.9 Å². The second-order valence-electron chi connectivity index (χ2n) is 2.54. The molecule has 0 fully saturated rings. The first kappa shape index (κ1) is 10.6. The maximum absolute atomic E-state index is 5.93. The van der Waals surface area contributed by atoms with Crippen LogP contribution in [0.25, 0.3) is 0 Å². The van der Waals surface area contributed by atoms with Crippen LogP contribution in [0.3, 0.4) is 0 Å². The van der Waals surface area contributed by atoms with E-state index in [2.05, 4.69) is 9.97 Å². The summed E-state index contributed by atoms with van der Waals surface area (Å²) in [6.07, 6.45) is 3.00. The van der Waals surface area contributed by atoms with Crippen LogP contribution in [-0.2, 0) is 0 Å². The molecule has 2 N–H and O–H groups in total. The van der Waals surface area contributed by atoms with Crippen molar-refractivity contribution in [2.75, 3.05) is 5.73 Å². The molecule has 0 aliphatic rings. The number of hydrogen-bond donors (Lipinski definition) is 1. The maximum atomic E-state index is 5.93. The molecule has 0 saturated heterocycles. The van der Waals surface area contributed by atoms with E-state index in [-0.39, 0.29) is 5.82 Å². The molecule has 78 valence electrons. The number of pyridine rings is 1. The highest BCUT2D eigenvalue weighted by Crippen LogP contribution is 2.33. The minimum absolute atomic E-state index is 0.232. The molecule has 2 rings (SSSR count). The van der Waals surface area contributed by atoms with Crippen LogP contribution in [0.5, 0.6) is 0 Å². The number of nitrogen functional groups attached to an aromatic ring is 1. The van der Waals surface area contributed by atoms with Gasteiger partial charge in [0, 0.05) is 0 Å². The van der Waals surface area contributed by atoms with Crippen molar-refractivity contribution in [3.8, 4) is 0 Å². The molecular weight excluding hydrogens is 257 g/mol. The number of nitrogens with zero attached hydrogens (tertiary/aromatic N) is 2. The number of halogens is 2. The molecule has 0 atom stereocenters. The predicted octanol–water partition coefficient (Wildman–Crippen LogP) is 3.11. The Balaban J connectivity index is 2.33. The molecule has 0 aliphatic carbocycles. The van der Waals surface area contributed by atoms with Gasteiger partial charge in [0.1, 0.15) is 17.1 Å². The number of oxazole rings is 1. The lowest BCUT2D eigenvalue weighted by atomic mass is 10.5. The van der Waals surface area contributed by atoms with E-state index in [0.29, 0.717) is 20.3 Å². The molecule has 2 aromatic heterocycles. The van der Waals surface area contributed by atoms with Crippen molar-refractivity contribution in [2.24, 2.45) is 0 Å².